The van der Waals surface area contributed by atoms with Crippen LogP contribution in [-0.4, -0.2) is 19.3 Å². The molecule has 2 atom stereocenters. The van der Waals surface area contributed by atoms with Crippen LogP contribution < -0.4 is 5.32 Å². The third-order valence-corrected chi connectivity index (χ3v) is 4.30. The third-order valence-electron chi connectivity index (χ3n) is 3.44. The summed E-state index contributed by atoms with van der Waals surface area (Å²) in [4.78, 5) is 1.44. The Morgan fingerprint density at radius 3 is 3.06 bits per heavy atom. The summed E-state index contributed by atoms with van der Waals surface area (Å²) in [5.74, 6) is 0. The molecule has 1 aromatic rings. The molecule has 0 aromatic carbocycles. The van der Waals surface area contributed by atoms with Crippen molar-refractivity contribution >= 4 is 11.3 Å². The van der Waals surface area contributed by atoms with Gasteiger partial charge in [-0.2, -0.15) is 0 Å². The molecule has 2 nitrogen and oxygen atoms in total. The van der Waals surface area contributed by atoms with E-state index in [4.69, 9.17) is 4.74 Å². The molecular formula is C14H23NOS. The monoisotopic (exact) mass is 253 g/mol. The van der Waals surface area contributed by atoms with E-state index in [2.05, 4.69) is 30.6 Å². The standard InChI is InChI=1S/C14H23NOS/c1-3-7-15-14(10-12-5-4-8-16-12)13-6-9-17-11(13)2/h6,9,12,14-15H,3-5,7-8,10H2,1-2H3. The van der Waals surface area contributed by atoms with E-state index in [1.54, 1.807) is 0 Å². The molecule has 2 rings (SSSR count). The molecule has 0 radical (unpaired) electrons. The second kappa shape index (κ2) is 6.53. The highest BCUT2D eigenvalue weighted by atomic mass is 32.1. The van der Waals surface area contributed by atoms with Gasteiger partial charge in [0, 0.05) is 17.5 Å². The van der Waals surface area contributed by atoms with Crippen molar-refractivity contribution in [2.24, 2.45) is 0 Å². The number of ether oxygens (including phenoxy) is 1. The molecule has 17 heavy (non-hydrogen) atoms. The lowest BCUT2D eigenvalue weighted by Gasteiger charge is -2.22. The van der Waals surface area contributed by atoms with Gasteiger partial charge in [0.05, 0.1) is 6.10 Å². The SMILES string of the molecule is CCCNC(CC1CCCO1)c1ccsc1C. The molecule has 2 unspecified atom stereocenters. The van der Waals surface area contributed by atoms with E-state index in [0.717, 1.165) is 19.6 Å². The summed E-state index contributed by atoms with van der Waals surface area (Å²) in [5.41, 5.74) is 1.47. The summed E-state index contributed by atoms with van der Waals surface area (Å²) in [6.45, 7) is 6.48. The number of hydrogen-bond acceptors (Lipinski definition) is 3. The molecular weight excluding hydrogens is 230 g/mol. The Labute approximate surface area is 108 Å². The van der Waals surface area contributed by atoms with Crippen molar-refractivity contribution in [2.45, 2.75) is 51.7 Å². The lowest BCUT2D eigenvalue weighted by molar-refractivity contribution is 0.0945. The van der Waals surface area contributed by atoms with E-state index in [1.165, 1.54) is 29.7 Å². The quantitative estimate of drug-likeness (QED) is 0.835. The zero-order chi connectivity index (χ0) is 12.1. The van der Waals surface area contributed by atoms with Crippen LogP contribution in [0.5, 0.6) is 0 Å². The van der Waals surface area contributed by atoms with E-state index in [0.29, 0.717) is 12.1 Å². The highest BCUT2D eigenvalue weighted by Crippen LogP contribution is 2.29. The van der Waals surface area contributed by atoms with Crippen LogP contribution in [0.2, 0.25) is 0 Å². The van der Waals surface area contributed by atoms with Crippen LogP contribution in [-0.2, 0) is 4.74 Å². The van der Waals surface area contributed by atoms with Crippen LogP contribution in [0.1, 0.15) is 49.1 Å². The molecule has 0 spiro atoms. The minimum atomic E-state index is 0.462. The first kappa shape index (κ1) is 13.1. The van der Waals surface area contributed by atoms with E-state index in [9.17, 15) is 0 Å². The second-order valence-electron chi connectivity index (χ2n) is 4.81. The Morgan fingerprint density at radius 1 is 1.59 bits per heavy atom. The molecule has 1 aliphatic heterocycles. The van der Waals surface area contributed by atoms with Gasteiger partial charge in [-0.1, -0.05) is 6.92 Å². The Bertz CT molecular complexity index is 331. The predicted octanol–water partition coefficient (Wildman–Crippen LogP) is 3.67. The number of thiophene rings is 1. The molecule has 2 heterocycles. The van der Waals surface area contributed by atoms with Gasteiger partial charge in [0.25, 0.3) is 0 Å². The zero-order valence-electron chi connectivity index (χ0n) is 10.9. The molecule has 0 amide bonds. The van der Waals surface area contributed by atoms with Crippen molar-refractivity contribution in [1.29, 1.82) is 0 Å². The minimum Gasteiger partial charge on any atom is -0.378 e. The fourth-order valence-electron chi connectivity index (χ4n) is 2.49. The van der Waals surface area contributed by atoms with Gasteiger partial charge in [-0.15, -0.1) is 11.3 Å². The summed E-state index contributed by atoms with van der Waals surface area (Å²) in [6.07, 6.45) is 5.23. The Hall–Kier alpha value is -0.380. The molecule has 3 heteroatoms. The van der Waals surface area contributed by atoms with Gasteiger partial charge >= 0.3 is 0 Å². The molecule has 0 bridgehead atoms. The van der Waals surface area contributed by atoms with Crippen molar-refractivity contribution in [3.63, 3.8) is 0 Å². The fourth-order valence-corrected chi connectivity index (χ4v) is 3.25. The molecule has 1 saturated heterocycles. The Kier molecular flexibility index (Phi) is 5.01. The fraction of sp³-hybridized carbons (Fsp3) is 0.714. The maximum Gasteiger partial charge on any atom is 0.0594 e. The molecule has 1 aromatic heterocycles. The van der Waals surface area contributed by atoms with Crippen molar-refractivity contribution in [2.75, 3.05) is 13.2 Å². The summed E-state index contributed by atoms with van der Waals surface area (Å²) in [5, 5.41) is 5.86. The van der Waals surface area contributed by atoms with Crippen LogP contribution in [0.25, 0.3) is 0 Å². The van der Waals surface area contributed by atoms with Crippen molar-refractivity contribution in [3.05, 3.63) is 21.9 Å². The van der Waals surface area contributed by atoms with Gasteiger partial charge in [0.1, 0.15) is 0 Å². The number of nitrogens with one attached hydrogen (secondary N) is 1. The molecule has 1 fully saturated rings. The smallest absolute Gasteiger partial charge is 0.0594 e. The first-order valence-corrected chi connectivity index (χ1v) is 7.58. The topological polar surface area (TPSA) is 21.3 Å². The highest BCUT2D eigenvalue weighted by Gasteiger charge is 2.22. The summed E-state index contributed by atoms with van der Waals surface area (Å²) in [7, 11) is 0. The summed E-state index contributed by atoms with van der Waals surface area (Å²) in [6, 6.07) is 2.74. The normalized spacial score (nSPS) is 21.9. The lowest BCUT2D eigenvalue weighted by atomic mass is 10.00. The van der Waals surface area contributed by atoms with Crippen molar-refractivity contribution in [3.8, 4) is 0 Å². The van der Waals surface area contributed by atoms with Crippen LogP contribution in [0.4, 0.5) is 0 Å². The van der Waals surface area contributed by atoms with Crippen LogP contribution >= 0.6 is 11.3 Å². The third kappa shape index (κ3) is 3.54. The first-order valence-electron chi connectivity index (χ1n) is 6.70. The van der Waals surface area contributed by atoms with E-state index in [1.807, 2.05) is 11.3 Å². The molecule has 96 valence electrons. The van der Waals surface area contributed by atoms with Gasteiger partial charge in [-0.05, 0) is 56.2 Å². The molecule has 1 N–H and O–H groups in total. The van der Waals surface area contributed by atoms with Crippen LogP contribution in [0, 0.1) is 6.92 Å². The first-order chi connectivity index (χ1) is 8.31. The highest BCUT2D eigenvalue weighted by molar-refractivity contribution is 7.10. The maximum atomic E-state index is 5.76. The molecule has 0 saturated carbocycles. The average Bonchev–Trinajstić information content (AvgIpc) is 2.95. The van der Waals surface area contributed by atoms with Crippen LogP contribution in [0.15, 0.2) is 11.4 Å². The second-order valence-corrected chi connectivity index (χ2v) is 5.93. The largest absolute Gasteiger partial charge is 0.378 e. The number of aryl methyl sites for hydroxylation is 1. The van der Waals surface area contributed by atoms with Gasteiger partial charge in [-0.3, -0.25) is 0 Å². The van der Waals surface area contributed by atoms with Gasteiger partial charge in [-0.25, -0.2) is 0 Å². The predicted molar refractivity (Wildman–Crippen MR) is 73.7 cm³/mol. The minimum absolute atomic E-state index is 0.462. The summed E-state index contributed by atoms with van der Waals surface area (Å²) < 4.78 is 5.76. The number of rotatable bonds is 6. The van der Waals surface area contributed by atoms with E-state index in [-0.39, 0.29) is 0 Å². The van der Waals surface area contributed by atoms with Crippen molar-refractivity contribution in [1.82, 2.24) is 5.32 Å². The molecule has 0 aliphatic carbocycles. The van der Waals surface area contributed by atoms with Gasteiger partial charge in [0.15, 0.2) is 0 Å². The average molecular weight is 253 g/mol. The lowest BCUT2D eigenvalue weighted by Crippen LogP contribution is -2.26. The Balaban J connectivity index is 1.99. The van der Waals surface area contributed by atoms with E-state index < -0.39 is 0 Å². The van der Waals surface area contributed by atoms with Crippen molar-refractivity contribution < 1.29 is 4.74 Å². The zero-order valence-corrected chi connectivity index (χ0v) is 11.7. The van der Waals surface area contributed by atoms with E-state index >= 15 is 0 Å². The summed E-state index contributed by atoms with van der Waals surface area (Å²) >= 11 is 1.84. The van der Waals surface area contributed by atoms with Gasteiger partial charge < -0.3 is 10.1 Å². The Morgan fingerprint density at radius 2 is 2.47 bits per heavy atom. The van der Waals surface area contributed by atoms with Gasteiger partial charge in [0.2, 0.25) is 0 Å². The van der Waals surface area contributed by atoms with Crippen LogP contribution in [0.3, 0.4) is 0 Å². The number of hydrogen-bond donors (Lipinski definition) is 1. The maximum absolute atomic E-state index is 5.76. The molecule has 1 aliphatic rings.